The second kappa shape index (κ2) is 7.09. The standard InChI is InChI=1S/C13H16N4O2S2/c1-16(12-5-3-7-20-12)14-10(18)9-11(19)15-17(2)13-6-4-8-21-13/h3-8H,9H2,1-2H3,(H,14,18)(H,15,19). The first kappa shape index (κ1) is 15.3. The second-order valence-corrected chi connectivity index (χ2v) is 6.12. The summed E-state index contributed by atoms with van der Waals surface area (Å²) >= 11 is 3.01. The van der Waals surface area contributed by atoms with Crippen LogP contribution < -0.4 is 20.9 Å². The van der Waals surface area contributed by atoms with E-state index in [1.165, 1.54) is 22.7 Å². The number of nitrogens with one attached hydrogen (secondary N) is 2. The van der Waals surface area contributed by atoms with Gasteiger partial charge in [-0.15, -0.1) is 22.7 Å². The van der Waals surface area contributed by atoms with E-state index in [1.807, 2.05) is 35.0 Å². The number of anilines is 2. The lowest BCUT2D eigenvalue weighted by Crippen LogP contribution is -2.44. The van der Waals surface area contributed by atoms with Crippen LogP contribution in [0.15, 0.2) is 35.0 Å². The Bertz CT molecular complexity index is 531. The average Bonchev–Trinajstić information content (AvgIpc) is 3.12. The van der Waals surface area contributed by atoms with Gasteiger partial charge in [0, 0.05) is 14.1 Å². The number of hydrazine groups is 2. The third-order valence-electron chi connectivity index (χ3n) is 2.58. The van der Waals surface area contributed by atoms with E-state index in [0.29, 0.717) is 0 Å². The van der Waals surface area contributed by atoms with Crippen molar-refractivity contribution in [2.75, 3.05) is 24.1 Å². The van der Waals surface area contributed by atoms with Crippen LogP contribution in [-0.2, 0) is 9.59 Å². The molecule has 2 rings (SSSR count). The highest BCUT2D eigenvalue weighted by atomic mass is 32.1. The maximum absolute atomic E-state index is 11.8. The number of hydrogen-bond acceptors (Lipinski definition) is 6. The van der Waals surface area contributed by atoms with Crippen LogP contribution in [0.2, 0.25) is 0 Å². The van der Waals surface area contributed by atoms with Gasteiger partial charge in [0.1, 0.15) is 16.4 Å². The van der Waals surface area contributed by atoms with Crippen molar-refractivity contribution in [2.24, 2.45) is 0 Å². The molecule has 0 spiro atoms. The first-order valence-corrected chi connectivity index (χ1v) is 7.95. The highest BCUT2D eigenvalue weighted by molar-refractivity contribution is 7.14. The fraction of sp³-hybridized carbons (Fsp3) is 0.231. The molecule has 0 aromatic carbocycles. The summed E-state index contributed by atoms with van der Waals surface area (Å²) in [6.07, 6.45) is -0.231. The summed E-state index contributed by atoms with van der Waals surface area (Å²) in [7, 11) is 3.47. The first-order chi connectivity index (χ1) is 10.1. The number of thiophene rings is 2. The minimum atomic E-state index is -0.358. The lowest BCUT2D eigenvalue weighted by atomic mass is 10.4. The Balaban J connectivity index is 1.78. The minimum absolute atomic E-state index is 0.231. The Morgan fingerprint density at radius 1 is 0.952 bits per heavy atom. The van der Waals surface area contributed by atoms with Crippen molar-refractivity contribution in [3.8, 4) is 0 Å². The number of hydrogen-bond donors (Lipinski definition) is 2. The van der Waals surface area contributed by atoms with Gasteiger partial charge < -0.3 is 0 Å². The Kier molecular flexibility index (Phi) is 5.18. The first-order valence-electron chi connectivity index (χ1n) is 6.19. The molecule has 0 bridgehead atoms. The van der Waals surface area contributed by atoms with E-state index in [2.05, 4.69) is 10.9 Å². The molecule has 2 aromatic rings. The van der Waals surface area contributed by atoms with Gasteiger partial charge in [-0.05, 0) is 35.0 Å². The van der Waals surface area contributed by atoms with Crippen molar-refractivity contribution in [2.45, 2.75) is 6.42 Å². The largest absolute Gasteiger partial charge is 0.279 e. The summed E-state index contributed by atoms with van der Waals surface area (Å²) in [4.78, 5) is 23.6. The summed E-state index contributed by atoms with van der Waals surface area (Å²) in [5.41, 5.74) is 5.30. The highest BCUT2D eigenvalue weighted by Gasteiger charge is 2.13. The van der Waals surface area contributed by atoms with Gasteiger partial charge in [-0.3, -0.25) is 30.5 Å². The van der Waals surface area contributed by atoms with Gasteiger partial charge in [0.05, 0.1) is 0 Å². The number of nitrogens with zero attached hydrogens (tertiary/aromatic N) is 2. The van der Waals surface area contributed by atoms with Crippen LogP contribution in [0.5, 0.6) is 0 Å². The van der Waals surface area contributed by atoms with Gasteiger partial charge in [0.15, 0.2) is 0 Å². The van der Waals surface area contributed by atoms with Crippen molar-refractivity contribution in [3.63, 3.8) is 0 Å². The molecule has 0 atom stereocenters. The van der Waals surface area contributed by atoms with Crippen molar-refractivity contribution < 1.29 is 9.59 Å². The lowest BCUT2D eigenvalue weighted by molar-refractivity contribution is -0.129. The monoisotopic (exact) mass is 324 g/mol. The van der Waals surface area contributed by atoms with Crippen LogP contribution in [-0.4, -0.2) is 25.9 Å². The molecule has 0 saturated carbocycles. The van der Waals surface area contributed by atoms with Crippen molar-refractivity contribution in [1.82, 2.24) is 10.9 Å². The molecule has 8 heteroatoms. The molecule has 0 unspecified atom stereocenters. The maximum Gasteiger partial charge on any atom is 0.248 e. The fourth-order valence-corrected chi connectivity index (χ4v) is 2.95. The summed E-state index contributed by atoms with van der Waals surface area (Å²) in [5.74, 6) is -0.717. The van der Waals surface area contributed by atoms with E-state index in [-0.39, 0.29) is 18.2 Å². The van der Waals surface area contributed by atoms with E-state index in [9.17, 15) is 9.59 Å². The summed E-state index contributed by atoms with van der Waals surface area (Å²) in [5, 5.41) is 8.84. The third kappa shape index (κ3) is 4.47. The minimum Gasteiger partial charge on any atom is -0.279 e. The van der Waals surface area contributed by atoms with Crippen molar-refractivity contribution in [3.05, 3.63) is 35.0 Å². The van der Waals surface area contributed by atoms with Gasteiger partial charge in [-0.2, -0.15) is 0 Å². The van der Waals surface area contributed by atoms with E-state index >= 15 is 0 Å². The molecule has 0 aliphatic rings. The second-order valence-electron chi connectivity index (χ2n) is 4.27. The van der Waals surface area contributed by atoms with Crippen LogP contribution in [0.1, 0.15) is 6.42 Å². The predicted molar refractivity (Wildman–Crippen MR) is 86.3 cm³/mol. The van der Waals surface area contributed by atoms with Crippen LogP contribution in [0.4, 0.5) is 10.0 Å². The number of rotatable bonds is 6. The number of carbonyl (C=O) groups excluding carboxylic acids is 2. The molecule has 0 fully saturated rings. The highest BCUT2D eigenvalue weighted by Crippen LogP contribution is 2.18. The van der Waals surface area contributed by atoms with Gasteiger partial charge in [-0.1, -0.05) is 0 Å². The molecule has 2 amide bonds. The van der Waals surface area contributed by atoms with E-state index in [4.69, 9.17) is 0 Å². The van der Waals surface area contributed by atoms with Crippen LogP contribution in [0.25, 0.3) is 0 Å². The Morgan fingerprint density at radius 2 is 1.38 bits per heavy atom. The van der Waals surface area contributed by atoms with Gasteiger partial charge in [0.25, 0.3) is 0 Å². The topological polar surface area (TPSA) is 64.7 Å². The zero-order valence-electron chi connectivity index (χ0n) is 11.7. The molecule has 2 N–H and O–H groups in total. The number of amides is 2. The fourth-order valence-electron chi connectivity index (χ4n) is 1.63. The molecular formula is C13H16N4O2S2. The molecule has 0 aliphatic heterocycles. The molecular weight excluding hydrogens is 308 g/mol. The summed E-state index contributed by atoms with van der Waals surface area (Å²) < 4.78 is 0. The predicted octanol–water partition coefficient (Wildman–Crippen LogP) is 1.83. The molecule has 21 heavy (non-hydrogen) atoms. The smallest absolute Gasteiger partial charge is 0.248 e. The van der Waals surface area contributed by atoms with Gasteiger partial charge >= 0.3 is 0 Å². The van der Waals surface area contributed by atoms with Crippen LogP contribution in [0, 0.1) is 0 Å². The van der Waals surface area contributed by atoms with Crippen molar-refractivity contribution >= 4 is 44.5 Å². The van der Waals surface area contributed by atoms with E-state index in [0.717, 1.165) is 10.0 Å². The molecule has 0 aliphatic carbocycles. The quantitative estimate of drug-likeness (QED) is 0.628. The molecule has 6 nitrogen and oxygen atoms in total. The lowest BCUT2D eigenvalue weighted by Gasteiger charge is -2.20. The normalized spacial score (nSPS) is 10.0. The molecule has 0 radical (unpaired) electrons. The molecule has 0 saturated heterocycles. The SMILES string of the molecule is CN(NC(=O)CC(=O)NN(C)c1cccs1)c1cccs1. The summed E-state index contributed by atoms with van der Waals surface area (Å²) in [6, 6.07) is 7.56. The zero-order chi connectivity index (χ0) is 15.2. The van der Waals surface area contributed by atoms with E-state index < -0.39 is 0 Å². The Hall–Kier alpha value is -2.06. The number of carbonyl (C=O) groups is 2. The molecule has 112 valence electrons. The molecule has 2 aromatic heterocycles. The van der Waals surface area contributed by atoms with Crippen molar-refractivity contribution in [1.29, 1.82) is 0 Å². The van der Waals surface area contributed by atoms with Crippen LogP contribution >= 0.6 is 22.7 Å². The average molecular weight is 324 g/mol. The maximum atomic E-state index is 11.8. The Labute approximate surface area is 130 Å². The summed E-state index contributed by atoms with van der Waals surface area (Å²) in [6.45, 7) is 0. The zero-order valence-corrected chi connectivity index (χ0v) is 13.3. The Morgan fingerprint density at radius 3 is 1.71 bits per heavy atom. The van der Waals surface area contributed by atoms with Gasteiger partial charge in [-0.25, -0.2) is 0 Å². The third-order valence-corrected chi connectivity index (χ3v) is 4.47. The van der Waals surface area contributed by atoms with Gasteiger partial charge in [0.2, 0.25) is 11.8 Å². The van der Waals surface area contributed by atoms with E-state index in [1.54, 1.807) is 24.1 Å². The molecule has 2 heterocycles. The van der Waals surface area contributed by atoms with Crippen LogP contribution in [0.3, 0.4) is 0 Å².